The minimum atomic E-state index is 0.534. The van der Waals surface area contributed by atoms with E-state index in [0.717, 1.165) is 23.7 Å². The highest BCUT2D eigenvalue weighted by Crippen LogP contribution is 2.33. The van der Waals surface area contributed by atoms with Gasteiger partial charge < -0.3 is 19.7 Å². The first kappa shape index (κ1) is 11.7. The number of ether oxygens (including phenoxy) is 2. The molecule has 0 aromatic heterocycles. The van der Waals surface area contributed by atoms with Gasteiger partial charge in [0, 0.05) is 24.3 Å². The van der Waals surface area contributed by atoms with E-state index in [-0.39, 0.29) is 0 Å². The maximum atomic E-state index is 5.60. The summed E-state index contributed by atoms with van der Waals surface area (Å²) >= 11 is 0. The van der Waals surface area contributed by atoms with E-state index in [1.54, 1.807) is 0 Å². The molecule has 1 aromatic carbocycles. The summed E-state index contributed by atoms with van der Waals surface area (Å²) in [7, 11) is 2.18. The molecule has 0 spiro atoms. The largest absolute Gasteiger partial charge is 0.486 e. The number of likely N-dealkylation sites (N-methyl/N-ethyl adjacent to an activating group) is 1. The molecule has 98 valence electrons. The Morgan fingerprint density at radius 1 is 1.22 bits per heavy atom. The van der Waals surface area contributed by atoms with Gasteiger partial charge in [-0.15, -0.1) is 0 Å². The summed E-state index contributed by atoms with van der Waals surface area (Å²) in [5.74, 6) is 1.71. The maximum absolute atomic E-state index is 5.60. The Labute approximate surface area is 108 Å². The van der Waals surface area contributed by atoms with E-state index in [1.165, 1.54) is 19.4 Å². The molecule has 1 saturated heterocycles. The Balaban J connectivity index is 1.69. The van der Waals surface area contributed by atoms with Crippen LogP contribution in [0.2, 0.25) is 0 Å². The van der Waals surface area contributed by atoms with Crippen molar-refractivity contribution in [2.45, 2.75) is 18.9 Å². The van der Waals surface area contributed by atoms with Crippen LogP contribution in [0.25, 0.3) is 0 Å². The quantitative estimate of drug-likeness (QED) is 0.867. The van der Waals surface area contributed by atoms with Gasteiger partial charge in [-0.25, -0.2) is 0 Å². The predicted molar refractivity (Wildman–Crippen MR) is 71.6 cm³/mol. The van der Waals surface area contributed by atoms with E-state index >= 15 is 0 Å². The second-order valence-corrected chi connectivity index (χ2v) is 5.10. The molecule has 1 atom stereocenters. The van der Waals surface area contributed by atoms with Gasteiger partial charge in [0.05, 0.1) is 0 Å². The molecule has 2 aliphatic heterocycles. The second-order valence-electron chi connectivity index (χ2n) is 5.10. The molecule has 2 aliphatic rings. The molecular weight excluding hydrogens is 228 g/mol. The first-order valence-corrected chi connectivity index (χ1v) is 6.66. The number of piperidine rings is 1. The van der Waals surface area contributed by atoms with Crippen molar-refractivity contribution < 1.29 is 9.47 Å². The standard InChI is InChI=1S/C14H20N2O2/c1-16-6-2-3-12(10-16)15-11-4-5-13-14(9-11)18-8-7-17-13/h4-5,9,12,15H,2-3,6-8,10H2,1H3. The van der Waals surface area contributed by atoms with Gasteiger partial charge in [-0.2, -0.15) is 0 Å². The highest BCUT2D eigenvalue weighted by molar-refractivity contribution is 5.55. The van der Waals surface area contributed by atoms with Crippen LogP contribution in [0.1, 0.15) is 12.8 Å². The highest BCUT2D eigenvalue weighted by Gasteiger charge is 2.18. The Bertz CT molecular complexity index is 422. The molecule has 2 heterocycles. The molecule has 0 aliphatic carbocycles. The average Bonchev–Trinajstić information content (AvgIpc) is 2.39. The van der Waals surface area contributed by atoms with Crippen LogP contribution in [0.15, 0.2) is 18.2 Å². The zero-order valence-electron chi connectivity index (χ0n) is 10.8. The molecule has 1 aromatic rings. The van der Waals surface area contributed by atoms with Crippen LogP contribution < -0.4 is 14.8 Å². The number of nitrogens with zero attached hydrogens (tertiary/aromatic N) is 1. The van der Waals surface area contributed by atoms with Gasteiger partial charge in [0.1, 0.15) is 13.2 Å². The van der Waals surface area contributed by atoms with Gasteiger partial charge >= 0.3 is 0 Å². The Morgan fingerprint density at radius 2 is 2.06 bits per heavy atom. The first-order chi connectivity index (χ1) is 8.81. The number of hydrogen-bond donors (Lipinski definition) is 1. The van der Waals surface area contributed by atoms with Gasteiger partial charge in [0.25, 0.3) is 0 Å². The van der Waals surface area contributed by atoms with Gasteiger partial charge in [-0.1, -0.05) is 0 Å². The van der Waals surface area contributed by atoms with Crippen molar-refractivity contribution in [3.8, 4) is 11.5 Å². The van der Waals surface area contributed by atoms with E-state index < -0.39 is 0 Å². The molecule has 1 fully saturated rings. The number of hydrogen-bond acceptors (Lipinski definition) is 4. The van der Waals surface area contributed by atoms with Crippen molar-refractivity contribution in [1.82, 2.24) is 4.90 Å². The minimum Gasteiger partial charge on any atom is -0.486 e. The molecule has 0 amide bonds. The lowest BCUT2D eigenvalue weighted by atomic mass is 10.1. The third-order valence-corrected chi connectivity index (χ3v) is 3.54. The lowest BCUT2D eigenvalue weighted by Gasteiger charge is -2.31. The lowest BCUT2D eigenvalue weighted by molar-refractivity contribution is 0.171. The summed E-state index contributed by atoms with van der Waals surface area (Å²) in [5.41, 5.74) is 1.12. The van der Waals surface area contributed by atoms with Crippen LogP contribution in [-0.2, 0) is 0 Å². The van der Waals surface area contributed by atoms with Crippen molar-refractivity contribution in [1.29, 1.82) is 0 Å². The number of nitrogens with one attached hydrogen (secondary N) is 1. The summed E-state index contributed by atoms with van der Waals surface area (Å²) in [4.78, 5) is 2.37. The van der Waals surface area contributed by atoms with E-state index in [2.05, 4.69) is 23.3 Å². The zero-order chi connectivity index (χ0) is 12.4. The Kier molecular flexibility index (Phi) is 3.28. The molecule has 0 saturated carbocycles. The number of rotatable bonds is 2. The monoisotopic (exact) mass is 248 g/mol. The summed E-state index contributed by atoms with van der Waals surface area (Å²) in [5, 5.41) is 3.58. The summed E-state index contributed by atoms with van der Waals surface area (Å²) in [6.45, 7) is 3.60. The molecular formula is C14H20N2O2. The molecule has 3 rings (SSSR count). The molecule has 1 N–H and O–H groups in total. The van der Waals surface area contributed by atoms with Crippen molar-refractivity contribution in [2.24, 2.45) is 0 Å². The van der Waals surface area contributed by atoms with E-state index in [9.17, 15) is 0 Å². The number of likely N-dealkylation sites (tertiary alicyclic amines) is 1. The van der Waals surface area contributed by atoms with Crippen LogP contribution in [0.5, 0.6) is 11.5 Å². The van der Waals surface area contributed by atoms with Crippen LogP contribution in [0.4, 0.5) is 5.69 Å². The molecule has 4 nitrogen and oxygen atoms in total. The molecule has 18 heavy (non-hydrogen) atoms. The molecule has 1 unspecified atom stereocenters. The number of fused-ring (bicyclic) bond motifs is 1. The normalized spacial score (nSPS) is 23.7. The topological polar surface area (TPSA) is 33.7 Å². The highest BCUT2D eigenvalue weighted by atomic mass is 16.6. The fourth-order valence-corrected chi connectivity index (χ4v) is 2.65. The third-order valence-electron chi connectivity index (χ3n) is 3.54. The predicted octanol–water partition coefficient (Wildman–Crippen LogP) is 1.96. The van der Waals surface area contributed by atoms with Crippen molar-refractivity contribution in [3.63, 3.8) is 0 Å². The summed E-state index contributed by atoms with van der Waals surface area (Å²) in [6, 6.07) is 6.64. The fraction of sp³-hybridized carbons (Fsp3) is 0.571. The smallest absolute Gasteiger partial charge is 0.163 e. The van der Waals surface area contributed by atoms with Gasteiger partial charge in [-0.05, 0) is 38.6 Å². The Morgan fingerprint density at radius 3 is 2.89 bits per heavy atom. The Hall–Kier alpha value is -1.42. The SMILES string of the molecule is CN1CCCC(Nc2ccc3c(c2)OCCO3)C1. The number of anilines is 1. The van der Waals surface area contributed by atoms with Crippen molar-refractivity contribution in [2.75, 3.05) is 38.7 Å². The van der Waals surface area contributed by atoms with Crippen LogP contribution in [0, 0.1) is 0 Å². The van der Waals surface area contributed by atoms with Crippen LogP contribution in [-0.4, -0.2) is 44.3 Å². The van der Waals surface area contributed by atoms with Crippen LogP contribution in [0.3, 0.4) is 0 Å². The average molecular weight is 248 g/mol. The number of benzene rings is 1. The van der Waals surface area contributed by atoms with Gasteiger partial charge in [-0.3, -0.25) is 0 Å². The van der Waals surface area contributed by atoms with E-state index in [1.807, 2.05) is 12.1 Å². The van der Waals surface area contributed by atoms with Crippen LogP contribution >= 0.6 is 0 Å². The summed E-state index contributed by atoms with van der Waals surface area (Å²) in [6.07, 6.45) is 2.50. The van der Waals surface area contributed by atoms with Crippen molar-refractivity contribution in [3.05, 3.63) is 18.2 Å². The summed E-state index contributed by atoms with van der Waals surface area (Å²) < 4.78 is 11.1. The molecule has 4 heteroatoms. The van der Waals surface area contributed by atoms with E-state index in [0.29, 0.717) is 19.3 Å². The van der Waals surface area contributed by atoms with E-state index in [4.69, 9.17) is 9.47 Å². The zero-order valence-corrected chi connectivity index (χ0v) is 10.8. The maximum Gasteiger partial charge on any atom is 0.163 e. The fourth-order valence-electron chi connectivity index (χ4n) is 2.65. The van der Waals surface area contributed by atoms with Crippen molar-refractivity contribution >= 4 is 5.69 Å². The van der Waals surface area contributed by atoms with Gasteiger partial charge in [0.15, 0.2) is 11.5 Å². The molecule has 0 bridgehead atoms. The second kappa shape index (κ2) is 5.06. The van der Waals surface area contributed by atoms with Gasteiger partial charge in [0.2, 0.25) is 0 Å². The lowest BCUT2D eigenvalue weighted by Crippen LogP contribution is -2.39. The third kappa shape index (κ3) is 2.53. The minimum absolute atomic E-state index is 0.534. The molecule has 0 radical (unpaired) electrons. The first-order valence-electron chi connectivity index (χ1n) is 6.66.